The van der Waals surface area contributed by atoms with Gasteiger partial charge in [0.25, 0.3) is 5.91 Å². The first-order valence-corrected chi connectivity index (χ1v) is 10.3. The summed E-state index contributed by atoms with van der Waals surface area (Å²) >= 11 is 0. The quantitative estimate of drug-likeness (QED) is 0.829. The lowest BCUT2D eigenvalue weighted by atomic mass is 9.95. The van der Waals surface area contributed by atoms with Crippen LogP contribution >= 0.6 is 0 Å². The molecule has 0 atom stereocenters. The van der Waals surface area contributed by atoms with Gasteiger partial charge in [-0.05, 0) is 31.9 Å². The van der Waals surface area contributed by atoms with Crippen molar-refractivity contribution >= 4 is 11.7 Å². The highest BCUT2D eigenvalue weighted by Gasteiger charge is 2.25. The largest absolute Gasteiger partial charge is 0.378 e. The average molecular weight is 397 g/mol. The second kappa shape index (κ2) is 8.91. The van der Waals surface area contributed by atoms with E-state index in [0.717, 1.165) is 54.4 Å². The molecule has 1 N–H and O–H groups in total. The number of nitrogens with one attached hydrogen (secondary N) is 1. The van der Waals surface area contributed by atoms with Gasteiger partial charge in [-0.3, -0.25) is 4.79 Å². The lowest BCUT2D eigenvalue weighted by Gasteiger charge is -2.33. The van der Waals surface area contributed by atoms with Crippen LogP contribution in [0.25, 0.3) is 0 Å². The molecular formula is C23H32N4O2. The number of aromatic nitrogens is 2. The molecule has 1 saturated heterocycles. The van der Waals surface area contributed by atoms with Crippen LogP contribution in [0.2, 0.25) is 0 Å². The Labute approximate surface area is 173 Å². The molecule has 0 bridgehead atoms. The van der Waals surface area contributed by atoms with Crippen LogP contribution in [-0.2, 0) is 16.8 Å². The van der Waals surface area contributed by atoms with E-state index in [1.54, 1.807) is 7.11 Å². The predicted molar refractivity (Wildman–Crippen MR) is 115 cm³/mol. The van der Waals surface area contributed by atoms with E-state index in [1.807, 2.05) is 42.2 Å². The highest BCUT2D eigenvalue weighted by Crippen LogP contribution is 2.23. The summed E-state index contributed by atoms with van der Waals surface area (Å²) in [6.45, 7) is 10.3. The van der Waals surface area contributed by atoms with Crippen molar-refractivity contribution < 1.29 is 9.53 Å². The van der Waals surface area contributed by atoms with E-state index in [2.05, 4.69) is 31.1 Å². The van der Waals surface area contributed by atoms with Crippen molar-refractivity contribution in [3.8, 4) is 0 Å². The van der Waals surface area contributed by atoms with Crippen LogP contribution in [0.1, 0.15) is 61.1 Å². The first-order chi connectivity index (χ1) is 13.8. The SMILES string of the molecule is COCc1cc(NC2CCN(C(=O)c3ccc(C)cc3)CC2)nc(C(C)(C)C)n1. The monoisotopic (exact) mass is 396 g/mol. The zero-order valence-corrected chi connectivity index (χ0v) is 18.2. The van der Waals surface area contributed by atoms with Crippen LogP contribution in [-0.4, -0.2) is 47.0 Å². The maximum Gasteiger partial charge on any atom is 0.253 e. The molecule has 6 nitrogen and oxygen atoms in total. The van der Waals surface area contributed by atoms with E-state index in [-0.39, 0.29) is 17.4 Å². The predicted octanol–water partition coefficient (Wildman–Crippen LogP) is 3.95. The summed E-state index contributed by atoms with van der Waals surface area (Å²) in [6.07, 6.45) is 1.79. The van der Waals surface area contributed by atoms with Gasteiger partial charge in [0.2, 0.25) is 0 Å². The molecule has 0 unspecified atom stereocenters. The molecule has 3 rings (SSSR count). The van der Waals surface area contributed by atoms with E-state index >= 15 is 0 Å². The van der Waals surface area contributed by atoms with E-state index in [9.17, 15) is 4.79 Å². The number of nitrogens with zero attached hydrogens (tertiary/aromatic N) is 3. The van der Waals surface area contributed by atoms with Crippen LogP contribution in [0.15, 0.2) is 30.3 Å². The second-order valence-electron chi connectivity index (χ2n) is 8.83. The number of hydrogen-bond acceptors (Lipinski definition) is 5. The van der Waals surface area contributed by atoms with Gasteiger partial charge in [-0.2, -0.15) is 0 Å². The molecule has 0 spiro atoms. The molecular weight excluding hydrogens is 364 g/mol. The van der Waals surface area contributed by atoms with Crippen molar-refractivity contribution in [1.82, 2.24) is 14.9 Å². The van der Waals surface area contributed by atoms with Gasteiger partial charge in [0.1, 0.15) is 11.6 Å². The van der Waals surface area contributed by atoms with Gasteiger partial charge in [-0.15, -0.1) is 0 Å². The molecule has 29 heavy (non-hydrogen) atoms. The van der Waals surface area contributed by atoms with Gasteiger partial charge >= 0.3 is 0 Å². The highest BCUT2D eigenvalue weighted by atomic mass is 16.5. The first-order valence-electron chi connectivity index (χ1n) is 10.3. The minimum atomic E-state index is -0.135. The average Bonchev–Trinajstić information content (AvgIpc) is 2.68. The third kappa shape index (κ3) is 5.54. The molecule has 156 valence electrons. The third-order valence-corrected chi connectivity index (χ3v) is 5.17. The number of carbonyl (C=O) groups excluding carboxylic acids is 1. The molecule has 1 aromatic carbocycles. The molecule has 1 aliphatic rings. The maximum atomic E-state index is 12.7. The standard InChI is InChI=1S/C23H32N4O2/c1-16-6-8-17(9-7-16)21(28)27-12-10-18(11-13-27)24-20-14-19(15-29-5)25-22(26-20)23(2,3)4/h6-9,14,18H,10-13,15H2,1-5H3,(H,24,25,26). The molecule has 6 heteroatoms. The topological polar surface area (TPSA) is 67.3 Å². The van der Waals surface area contributed by atoms with E-state index in [4.69, 9.17) is 9.72 Å². The van der Waals surface area contributed by atoms with Gasteiger partial charge in [-0.1, -0.05) is 38.5 Å². The van der Waals surface area contributed by atoms with E-state index in [0.29, 0.717) is 6.61 Å². The van der Waals surface area contributed by atoms with Crippen LogP contribution in [0.3, 0.4) is 0 Å². The molecule has 1 aromatic heterocycles. The number of likely N-dealkylation sites (tertiary alicyclic amines) is 1. The molecule has 1 aliphatic heterocycles. The second-order valence-corrected chi connectivity index (χ2v) is 8.83. The Morgan fingerprint density at radius 1 is 1.17 bits per heavy atom. The fourth-order valence-corrected chi connectivity index (χ4v) is 3.44. The minimum absolute atomic E-state index is 0.114. The number of ether oxygens (including phenoxy) is 1. The number of rotatable bonds is 5. The molecule has 1 amide bonds. The number of hydrogen-bond donors (Lipinski definition) is 1. The van der Waals surface area contributed by atoms with Gasteiger partial charge in [0.15, 0.2) is 0 Å². The Morgan fingerprint density at radius 3 is 2.41 bits per heavy atom. The summed E-state index contributed by atoms with van der Waals surface area (Å²) in [5, 5.41) is 3.55. The Bertz CT molecular complexity index is 835. The molecule has 1 fully saturated rings. The van der Waals surface area contributed by atoms with E-state index < -0.39 is 0 Å². The molecule has 2 aromatic rings. The number of anilines is 1. The number of piperidine rings is 1. The lowest BCUT2D eigenvalue weighted by Crippen LogP contribution is -2.42. The van der Waals surface area contributed by atoms with Gasteiger partial charge in [0.05, 0.1) is 12.3 Å². The highest BCUT2D eigenvalue weighted by molar-refractivity contribution is 5.94. The fourth-order valence-electron chi connectivity index (χ4n) is 3.44. The summed E-state index contributed by atoms with van der Waals surface area (Å²) in [7, 11) is 1.67. The van der Waals surface area contributed by atoms with Crippen molar-refractivity contribution in [1.29, 1.82) is 0 Å². The Hall–Kier alpha value is -2.47. The minimum Gasteiger partial charge on any atom is -0.378 e. The smallest absolute Gasteiger partial charge is 0.253 e. The maximum absolute atomic E-state index is 12.7. The number of benzene rings is 1. The van der Waals surface area contributed by atoms with Crippen molar-refractivity contribution in [2.45, 2.75) is 58.6 Å². The van der Waals surface area contributed by atoms with Crippen LogP contribution in [0, 0.1) is 6.92 Å². The molecule has 0 radical (unpaired) electrons. The molecule has 0 saturated carbocycles. The van der Waals surface area contributed by atoms with Crippen molar-refractivity contribution in [3.05, 3.63) is 53.0 Å². The van der Waals surface area contributed by atoms with Gasteiger partial charge < -0.3 is 15.0 Å². The molecule has 2 heterocycles. The summed E-state index contributed by atoms with van der Waals surface area (Å²) in [4.78, 5) is 24.0. The van der Waals surface area contributed by atoms with Crippen molar-refractivity contribution in [2.75, 3.05) is 25.5 Å². The Balaban J connectivity index is 1.63. The van der Waals surface area contributed by atoms with Crippen LogP contribution in [0.4, 0.5) is 5.82 Å². The summed E-state index contributed by atoms with van der Waals surface area (Å²) in [6, 6.07) is 10.0. The summed E-state index contributed by atoms with van der Waals surface area (Å²) < 4.78 is 5.27. The summed E-state index contributed by atoms with van der Waals surface area (Å²) in [5.41, 5.74) is 2.67. The lowest BCUT2D eigenvalue weighted by molar-refractivity contribution is 0.0718. The van der Waals surface area contributed by atoms with Crippen LogP contribution < -0.4 is 5.32 Å². The number of methoxy groups -OCH3 is 1. The van der Waals surface area contributed by atoms with E-state index in [1.165, 1.54) is 0 Å². The normalized spacial score (nSPS) is 15.4. The zero-order chi connectivity index (χ0) is 21.0. The van der Waals surface area contributed by atoms with Crippen molar-refractivity contribution in [2.24, 2.45) is 0 Å². The van der Waals surface area contributed by atoms with Crippen LogP contribution in [0.5, 0.6) is 0 Å². The van der Waals surface area contributed by atoms with Crippen molar-refractivity contribution in [3.63, 3.8) is 0 Å². The fraction of sp³-hybridized carbons (Fsp3) is 0.522. The zero-order valence-electron chi connectivity index (χ0n) is 18.2. The van der Waals surface area contributed by atoms with Gasteiger partial charge in [-0.25, -0.2) is 9.97 Å². The Kier molecular flexibility index (Phi) is 6.52. The van der Waals surface area contributed by atoms with Gasteiger partial charge in [0, 0.05) is 43.3 Å². The Morgan fingerprint density at radius 2 is 1.83 bits per heavy atom. The summed E-state index contributed by atoms with van der Waals surface area (Å²) in [5.74, 6) is 1.75. The third-order valence-electron chi connectivity index (χ3n) is 5.17. The number of amides is 1. The molecule has 0 aliphatic carbocycles. The number of carbonyl (C=O) groups is 1. The number of aryl methyl sites for hydroxylation is 1. The first kappa shape index (κ1) is 21.2.